The van der Waals surface area contributed by atoms with Crippen molar-refractivity contribution in [3.63, 3.8) is 0 Å². The molecule has 2 saturated heterocycles. The molecule has 2 fully saturated rings. The van der Waals surface area contributed by atoms with Crippen LogP contribution in [0.3, 0.4) is 0 Å². The number of Topliss-reactive ketones (excluding diaryl/α,β-unsaturated/α-hetero) is 1. The lowest BCUT2D eigenvalue weighted by Crippen LogP contribution is -2.45. The van der Waals surface area contributed by atoms with Crippen LogP contribution < -0.4 is 10.2 Å². The number of imide groups is 1. The zero-order valence-electron chi connectivity index (χ0n) is 18.2. The Kier molecular flexibility index (Phi) is 5.42. The van der Waals surface area contributed by atoms with Crippen LogP contribution in [0.4, 0.5) is 10.5 Å². The van der Waals surface area contributed by atoms with Crippen molar-refractivity contribution in [3.05, 3.63) is 102 Å². The van der Waals surface area contributed by atoms with Crippen LogP contribution in [0.2, 0.25) is 0 Å². The minimum Gasteiger partial charge on any atom is -0.372 e. The van der Waals surface area contributed by atoms with Crippen LogP contribution in [0.5, 0.6) is 0 Å². The predicted molar refractivity (Wildman–Crippen MR) is 126 cm³/mol. The van der Waals surface area contributed by atoms with Gasteiger partial charge in [-0.15, -0.1) is 0 Å². The maximum Gasteiger partial charge on any atom is 0.325 e. The van der Waals surface area contributed by atoms with E-state index in [4.69, 9.17) is 0 Å². The number of nitrogens with zero attached hydrogens (tertiary/aromatic N) is 2. The molecule has 33 heavy (non-hydrogen) atoms. The second-order valence-corrected chi connectivity index (χ2v) is 8.47. The van der Waals surface area contributed by atoms with Gasteiger partial charge < -0.3 is 10.2 Å². The summed E-state index contributed by atoms with van der Waals surface area (Å²) in [6.07, 6.45) is 2.36. The Balaban J connectivity index is 1.42. The second-order valence-electron chi connectivity index (χ2n) is 8.47. The molecule has 2 aliphatic heterocycles. The molecule has 166 valence electrons. The Morgan fingerprint density at radius 3 is 1.88 bits per heavy atom. The Morgan fingerprint density at radius 2 is 1.33 bits per heavy atom. The van der Waals surface area contributed by atoms with E-state index in [0.717, 1.165) is 23.7 Å². The SMILES string of the molecule is O=C(CN1C(=O)NC(c2ccccc2)(c2ccccc2)C1=O)c1ccc(N2CCCC2)cc1. The third-order valence-corrected chi connectivity index (χ3v) is 6.48. The number of nitrogens with one attached hydrogen (secondary N) is 1. The molecule has 0 unspecified atom stereocenters. The van der Waals surface area contributed by atoms with Gasteiger partial charge in [0.1, 0.15) is 0 Å². The Bertz CT molecular complexity index is 1130. The van der Waals surface area contributed by atoms with Gasteiger partial charge in [0, 0.05) is 24.3 Å². The number of hydrogen-bond acceptors (Lipinski definition) is 4. The summed E-state index contributed by atoms with van der Waals surface area (Å²) in [6.45, 7) is 1.74. The highest BCUT2D eigenvalue weighted by Crippen LogP contribution is 2.36. The van der Waals surface area contributed by atoms with Gasteiger partial charge in [-0.05, 0) is 48.2 Å². The topological polar surface area (TPSA) is 69.7 Å². The number of carbonyl (C=O) groups is 3. The van der Waals surface area contributed by atoms with Crippen LogP contribution in [-0.4, -0.2) is 42.3 Å². The first kappa shape index (κ1) is 20.9. The molecule has 0 radical (unpaired) electrons. The minimum atomic E-state index is -1.36. The van der Waals surface area contributed by atoms with Crippen molar-refractivity contribution in [3.8, 4) is 0 Å². The standard InChI is InChI=1S/C27H25N3O3/c31-24(20-13-15-23(16-14-20)29-17-7-8-18-29)19-30-25(32)27(28-26(30)33,21-9-3-1-4-10-21)22-11-5-2-6-12-22/h1-6,9-16H,7-8,17-19H2,(H,28,33). The summed E-state index contributed by atoms with van der Waals surface area (Å²) < 4.78 is 0. The number of carbonyl (C=O) groups excluding carboxylic acids is 3. The Morgan fingerprint density at radius 1 is 0.788 bits per heavy atom. The average Bonchev–Trinajstić information content (AvgIpc) is 3.49. The van der Waals surface area contributed by atoms with E-state index in [-0.39, 0.29) is 12.3 Å². The summed E-state index contributed by atoms with van der Waals surface area (Å²) in [6, 6.07) is 25.1. The number of amides is 3. The van der Waals surface area contributed by atoms with E-state index >= 15 is 0 Å². The van der Waals surface area contributed by atoms with Crippen LogP contribution in [0.25, 0.3) is 0 Å². The lowest BCUT2D eigenvalue weighted by atomic mass is 9.82. The molecule has 3 amide bonds. The van der Waals surface area contributed by atoms with E-state index in [1.165, 1.54) is 12.8 Å². The normalized spacial score (nSPS) is 17.3. The Hall–Kier alpha value is -3.93. The number of urea groups is 1. The van der Waals surface area contributed by atoms with Crippen molar-refractivity contribution in [2.45, 2.75) is 18.4 Å². The summed E-state index contributed by atoms with van der Waals surface area (Å²) in [5.74, 6) is -0.727. The lowest BCUT2D eigenvalue weighted by Gasteiger charge is -2.28. The number of ketones is 1. The molecule has 3 aromatic carbocycles. The highest BCUT2D eigenvalue weighted by atomic mass is 16.2. The number of rotatable bonds is 6. The van der Waals surface area contributed by atoms with Crippen LogP contribution in [-0.2, 0) is 10.3 Å². The lowest BCUT2D eigenvalue weighted by molar-refractivity contribution is -0.129. The number of hydrogen-bond donors (Lipinski definition) is 1. The highest BCUT2D eigenvalue weighted by Gasteiger charge is 2.54. The quantitative estimate of drug-likeness (QED) is 0.466. The van der Waals surface area contributed by atoms with Crippen molar-refractivity contribution >= 4 is 23.4 Å². The maximum atomic E-state index is 13.7. The van der Waals surface area contributed by atoms with Gasteiger partial charge in [-0.25, -0.2) is 4.79 Å². The van der Waals surface area contributed by atoms with Crippen LogP contribution in [0, 0.1) is 0 Å². The molecule has 1 N–H and O–H groups in total. The fourth-order valence-electron chi connectivity index (χ4n) is 4.72. The Labute approximate surface area is 192 Å². The number of anilines is 1. The van der Waals surface area contributed by atoms with Crippen LogP contribution in [0.1, 0.15) is 34.3 Å². The first-order valence-electron chi connectivity index (χ1n) is 11.2. The molecule has 3 aromatic rings. The third-order valence-electron chi connectivity index (χ3n) is 6.48. The fraction of sp³-hybridized carbons (Fsp3) is 0.222. The van der Waals surface area contributed by atoms with E-state index in [1.807, 2.05) is 72.8 Å². The van der Waals surface area contributed by atoms with Crippen molar-refractivity contribution in [2.75, 3.05) is 24.5 Å². The van der Waals surface area contributed by atoms with Crippen molar-refractivity contribution in [1.82, 2.24) is 10.2 Å². The maximum absolute atomic E-state index is 13.7. The van der Waals surface area contributed by atoms with Gasteiger partial charge in [0.25, 0.3) is 5.91 Å². The van der Waals surface area contributed by atoms with Gasteiger partial charge >= 0.3 is 6.03 Å². The molecule has 0 saturated carbocycles. The summed E-state index contributed by atoms with van der Waals surface area (Å²) in [4.78, 5) is 43.0. The molecule has 0 aliphatic carbocycles. The van der Waals surface area contributed by atoms with E-state index < -0.39 is 17.5 Å². The smallest absolute Gasteiger partial charge is 0.325 e. The van der Waals surface area contributed by atoms with E-state index in [2.05, 4.69) is 10.2 Å². The van der Waals surface area contributed by atoms with Gasteiger partial charge in [-0.3, -0.25) is 14.5 Å². The molecule has 2 heterocycles. The predicted octanol–water partition coefficient (Wildman–Crippen LogP) is 3.97. The van der Waals surface area contributed by atoms with Gasteiger partial charge in [-0.2, -0.15) is 0 Å². The molecule has 0 aromatic heterocycles. The molecule has 6 nitrogen and oxygen atoms in total. The van der Waals surface area contributed by atoms with E-state index in [9.17, 15) is 14.4 Å². The van der Waals surface area contributed by atoms with Gasteiger partial charge in [-0.1, -0.05) is 60.7 Å². The van der Waals surface area contributed by atoms with Crippen LogP contribution >= 0.6 is 0 Å². The van der Waals surface area contributed by atoms with Crippen molar-refractivity contribution in [2.24, 2.45) is 0 Å². The number of benzene rings is 3. The summed E-state index contributed by atoms with van der Waals surface area (Å²) in [5, 5.41) is 2.88. The first-order valence-corrected chi connectivity index (χ1v) is 11.2. The van der Waals surface area contributed by atoms with Crippen LogP contribution in [0.15, 0.2) is 84.9 Å². The fourth-order valence-corrected chi connectivity index (χ4v) is 4.72. The molecular weight excluding hydrogens is 414 g/mol. The monoisotopic (exact) mass is 439 g/mol. The summed E-state index contributed by atoms with van der Waals surface area (Å²) >= 11 is 0. The summed E-state index contributed by atoms with van der Waals surface area (Å²) in [5.41, 5.74) is 1.51. The zero-order chi connectivity index (χ0) is 22.8. The molecular formula is C27H25N3O3. The van der Waals surface area contributed by atoms with Gasteiger partial charge in [0.05, 0.1) is 6.54 Å². The van der Waals surface area contributed by atoms with Crippen molar-refractivity contribution in [1.29, 1.82) is 0 Å². The first-order chi connectivity index (χ1) is 16.1. The molecule has 0 bridgehead atoms. The summed E-state index contributed by atoms with van der Waals surface area (Å²) in [7, 11) is 0. The average molecular weight is 440 g/mol. The zero-order valence-corrected chi connectivity index (χ0v) is 18.2. The molecule has 5 rings (SSSR count). The largest absolute Gasteiger partial charge is 0.372 e. The molecule has 2 aliphatic rings. The van der Waals surface area contributed by atoms with Gasteiger partial charge in [0.15, 0.2) is 11.3 Å². The second kappa shape index (κ2) is 8.54. The highest BCUT2D eigenvalue weighted by molar-refractivity contribution is 6.13. The van der Waals surface area contributed by atoms with Crippen molar-refractivity contribution < 1.29 is 14.4 Å². The van der Waals surface area contributed by atoms with E-state index in [1.54, 1.807) is 12.1 Å². The molecule has 0 spiro atoms. The van der Waals surface area contributed by atoms with Gasteiger partial charge in [0.2, 0.25) is 0 Å². The molecule has 6 heteroatoms. The minimum absolute atomic E-state index is 0.275. The van der Waals surface area contributed by atoms with E-state index in [0.29, 0.717) is 16.7 Å². The molecule has 0 atom stereocenters. The third kappa shape index (κ3) is 3.67.